The molecule has 0 aliphatic rings. The van der Waals surface area contributed by atoms with Gasteiger partial charge >= 0.3 is 0 Å². The van der Waals surface area contributed by atoms with E-state index in [2.05, 4.69) is 38.0 Å². The fourth-order valence-corrected chi connectivity index (χ4v) is 1.79. The van der Waals surface area contributed by atoms with E-state index in [-0.39, 0.29) is 6.04 Å². The molecule has 0 saturated carbocycles. The zero-order valence-electron chi connectivity index (χ0n) is 10.7. The SMILES string of the molecule is CN(C)CCC(C(N)CCCN)N(C)C. The molecule has 0 aromatic heterocycles. The second kappa shape index (κ2) is 8.05. The van der Waals surface area contributed by atoms with Gasteiger partial charge in [0.25, 0.3) is 0 Å². The van der Waals surface area contributed by atoms with Gasteiger partial charge in [-0.15, -0.1) is 0 Å². The molecule has 0 rings (SSSR count). The summed E-state index contributed by atoms with van der Waals surface area (Å²) in [5.41, 5.74) is 11.7. The lowest BCUT2D eigenvalue weighted by Gasteiger charge is -2.31. The predicted octanol–water partition coefficient (Wildman–Crippen LogP) is -0.0655. The molecule has 92 valence electrons. The molecule has 0 aromatic rings. The Morgan fingerprint density at radius 3 is 2.07 bits per heavy atom. The summed E-state index contributed by atoms with van der Waals surface area (Å²) in [5.74, 6) is 0. The van der Waals surface area contributed by atoms with Crippen molar-refractivity contribution in [1.82, 2.24) is 9.80 Å². The van der Waals surface area contributed by atoms with Crippen LogP contribution in [0.4, 0.5) is 0 Å². The number of nitrogens with two attached hydrogens (primary N) is 2. The topological polar surface area (TPSA) is 58.5 Å². The zero-order chi connectivity index (χ0) is 11.8. The average molecular weight is 216 g/mol. The molecule has 0 aliphatic carbocycles. The van der Waals surface area contributed by atoms with Crippen LogP contribution in [-0.2, 0) is 0 Å². The van der Waals surface area contributed by atoms with Crippen molar-refractivity contribution >= 4 is 0 Å². The number of nitrogens with zero attached hydrogens (tertiary/aromatic N) is 2. The molecule has 0 amide bonds. The van der Waals surface area contributed by atoms with Gasteiger partial charge in [0.1, 0.15) is 0 Å². The first-order valence-electron chi connectivity index (χ1n) is 5.75. The highest BCUT2D eigenvalue weighted by molar-refractivity contribution is 4.80. The van der Waals surface area contributed by atoms with E-state index in [0.717, 1.165) is 32.4 Å². The molecule has 0 fully saturated rings. The van der Waals surface area contributed by atoms with Crippen LogP contribution in [-0.4, -0.2) is 63.2 Å². The van der Waals surface area contributed by atoms with E-state index in [4.69, 9.17) is 11.5 Å². The molecule has 4 nitrogen and oxygen atoms in total. The van der Waals surface area contributed by atoms with E-state index in [1.165, 1.54) is 0 Å². The van der Waals surface area contributed by atoms with Crippen molar-refractivity contribution in [2.24, 2.45) is 11.5 Å². The van der Waals surface area contributed by atoms with Crippen molar-refractivity contribution in [2.75, 3.05) is 41.3 Å². The molecule has 2 atom stereocenters. The Kier molecular flexibility index (Phi) is 7.96. The van der Waals surface area contributed by atoms with Gasteiger partial charge in [0.05, 0.1) is 0 Å². The summed E-state index contributed by atoms with van der Waals surface area (Å²) in [6, 6.07) is 0.697. The molecule has 0 aliphatic heterocycles. The van der Waals surface area contributed by atoms with Crippen LogP contribution in [0.25, 0.3) is 0 Å². The van der Waals surface area contributed by atoms with Crippen LogP contribution in [0.2, 0.25) is 0 Å². The Labute approximate surface area is 94.6 Å². The second-order valence-electron chi connectivity index (χ2n) is 4.72. The highest BCUT2D eigenvalue weighted by Crippen LogP contribution is 2.09. The molecule has 0 saturated heterocycles. The largest absolute Gasteiger partial charge is 0.330 e. The Morgan fingerprint density at radius 2 is 1.67 bits per heavy atom. The summed E-state index contributed by atoms with van der Waals surface area (Å²) in [6.45, 7) is 1.82. The zero-order valence-corrected chi connectivity index (χ0v) is 10.7. The van der Waals surface area contributed by atoms with Gasteiger partial charge in [-0.05, 0) is 60.5 Å². The van der Waals surface area contributed by atoms with E-state index in [1.54, 1.807) is 0 Å². The first-order valence-corrected chi connectivity index (χ1v) is 5.75. The van der Waals surface area contributed by atoms with Crippen LogP contribution in [0.15, 0.2) is 0 Å². The molecule has 15 heavy (non-hydrogen) atoms. The normalized spacial score (nSPS) is 16.0. The molecule has 0 heterocycles. The third-order valence-electron chi connectivity index (χ3n) is 2.77. The van der Waals surface area contributed by atoms with Gasteiger partial charge < -0.3 is 21.3 Å². The van der Waals surface area contributed by atoms with Crippen molar-refractivity contribution < 1.29 is 0 Å². The molecular weight excluding hydrogens is 188 g/mol. The maximum Gasteiger partial charge on any atom is 0.0253 e. The predicted molar refractivity (Wildman–Crippen MR) is 66.9 cm³/mol. The Bertz CT molecular complexity index is 148. The van der Waals surface area contributed by atoms with Crippen molar-refractivity contribution in [3.63, 3.8) is 0 Å². The minimum Gasteiger partial charge on any atom is -0.330 e. The van der Waals surface area contributed by atoms with Gasteiger partial charge in [-0.1, -0.05) is 0 Å². The van der Waals surface area contributed by atoms with Crippen molar-refractivity contribution in [3.8, 4) is 0 Å². The minimum absolute atomic E-state index is 0.239. The standard InChI is InChI=1S/C11H28N4/c1-14(2)9-7-11(15(3)4)10(13)6-5-8-12/h10-11H,5-9,12-13H2,1-4H3. The monoisotopic (exact) mass is 216 g/mol. The molecule has 4 heteroatoms. The highest BCUT2D eigenvalue weighted by atomic mass is 15.1. The Hall–Kier alpha value is -0.160. The third-order valence-corrected chi connectivity index (χ3v) is 2.77. The van der Waals surface area contributed by atoms with Gasteiger partial charge in [0.2, 0.25) is 0 Å². The fraction of sp³-hybridized carbons (Fsp3) is 1.00. The van der Waals surface area contributed by atoms with Gasteiger partial charge in [-0.25, -0.2) is 0 Å². The highest BCUT2D eigenvalue weighted by Gasteiger charge is 2.19. The lowest BCUT2D eigenvalue weighted by Crippen LogP contribution is -2.46. The lowest BCUT2D eigenvalue weighted by molar-refractivity contribution is 0.212. The van der Waals surface area contributed by atoms with Crippen LogP contribution in [0.5, 0.6) is 0 Å². The van der Waals surface area contributed by atoms with Gasteiger partial charge in [-0.3, -0.25) is 0 Å². The van der Waals surface area contributed by atoms with E-state index in [1.807, 2.05) is 0 Å². The molecule has 0 bridgehead atoms. The van der Waals surface area contributed by atoms with Crippen LogP contribution < -0.4 is 11.5 Å². The number of rotatable bonds is 8. The number of hydrogen-bond donors (Lipinski definition) is 2. The number of likely N-dealkylation sites (N-methyl/N-ethyl adjacent to an activating group) is 1. The minimum atomic E-state index is 0.239. The Morgan fingerprint density at radius 1 is 1.07 bits per heavy atom. The fourth-order valence-electron chi connectivity index (χ4n) is 1.79. The number of hydrogen-bond acceptors (Lipinski definition) is 4. The first kappa shape index (κ1) is 14.8. The summed E-state index contributed by atoms with van der Waals surface area (Å²) >= 11 is 0. The smallest absolute Gasteiger partial charge is 0.0253 e. The van der Waals surface area contributed by atoms with E-state index in [0.29, 0.717) is 6.04 Å². The summed E-state index contributed by atoms with van der Waals surface area (Å²) < 4.78 is 0. The van der Waals surface area contributed by atoms with Crippen molar-refractivity contribution in [2.45, 2.75) is 31.3 Å². The van der Waals surface area contributed by atoms with Crippen LogP contribution in [0.3, 0.4) is 0 Å². The van der Waals surface area contributed by atoms with Gasteiger partial charge in [0, 0.05) is 12.1 Å². The van der Waals surface area contributed by atoms with E-state index in [9.17, 15) is 0 Å². The van der Waals surface area contributed by atoms with Crippen LogP contribution >= 0.6 is 0 Å². The molecule has 0 spiro atoms. The van der Waals surface area contributed by atoms with E-state index < -0.39 is 0 Å². The lowest BCUT2D eigenvalue weighted by atomic mass is 9.99. The van der Waals surface area contributed by atoms with Crippen LogP contribution in [0.1, 0.15) is 19.3 Å². The summed E-state index contributed by atoms with van der Waals surface area (Å²) in [6.07, 6.45) is 3.16. The Balaban J connectivity index is 4.01. The molecule has 0 aromatic carbocycles. The summed E-state index contributed by atoms with van der Waals surface area (Å²) in [7, 11) is 8.39. The maximum absolute atomic E-state index is 6.18. The molecule has 2 unspecified atom stereocenters. The van der Waals surface area contributed by atoms with Gasteiger partial charge in [0.15, 0.2) is 0 Å². The van der Waals surface area contributed by atoms with Crippen LogP contribution in [0, 0.1) is 0 Å². The second-order valence-corrected chi connectivity index (χ2v) is 4.72. The molecule has 4 N–H and O–H groups in total. The molecular formula is C11H28N4. The van der Waals surface area contributed by atoms with E-state index >= 15 is 0 Å². The maximum atomic E-state index is 6.18. The third kappa shape index (κ3) is 6.84. The van der Waals surface area contributed by atoms with Crippen molar-refractivity contribution in [1.29, 1.82) is 0 Å². The van der Waals surface area contributed by atoms with Gasteiger partial charge in [-0.2, -0.15) is 0 Å². The first-order chi connectivity index (χ1) is 6.99. The quantitative estimate of drug-likeness (QED) is 0.596. The summed E-state index contributed by atoms with van der Waals surface area (Å²) in [4.78, 5) is 4.43. The molecule has 0 radical (unpaired) electrons. The van der Waals surface area contributed by atoms with Crippen molar-refractivity contribution in [3.05, 3.63) is 0 Å². The summed E-state index contributed by atoms with van der Waals surface area (Å²) in [5, 5.41) is 0. The average Bonchev–Trinajstić information content (AvgIpc) is 2.13.